The first-order valence-corrected chi connectivity index (χ1v) is 6.54. The van der Waals surface area contributed by atoms with E-state index in [1.165, 1.54) is 4.90 Å². The van der Waals surface area contributed by atoms with Crippen molar-refractivity contribution in [3.05, 3.63) is 54.9 Å². The van der Waals surface area contributed by atoms with Crippen molar-refractivity contribution < 1.29 is 0 Å². The lowest BCUT2D eigenvalue weighted by molar-refractivity contribution is 1.31. The summed E-state index contributed by atoms with van der Waals surface area (Å²) in [6, 6.07) is 10.1. The molecule has 1 heterocycles. The molecule has 2 nitrogen and oxygen atoms in total. The highest BCUT2D eigenvalue weighted by molar-refractivity contribution is 7.98. The molecule has 0 radical (unpaired) electrons. The molecule has 0 aliphatic carbocycles. The molecular weight excluding hydrogens is 228 g/mol. The van der Waals surface area contributed by atoms with Crippen LogP contribution in [-0.4, -0.2) is 11.2 Å². The zero-order valence-corrected chi connectivity index (χ0v) is 10.5. The van der Waals surface area contributed by atoms with E-state index in [1.54, 1.807) is 24.2 Å². The summed E-state index contributed by atoms with van der Waals surface area (Å²) in [5.41, 5.74) is 3.29. The standard InChI is InChI=1S/C14H14N2S/c1-3-11-5-4-6-13(14(11)17-2)16-12-7-9-15-10-8-12/h3-10H,1H2,2H3,(H,15,16). The zero-order valence-electron chi connectivity index (χ0n) is 9.68. The molecule has 1 N–H and O–H groups in total. The zero-order chi connectivity index (χ0) is 12.1. The summed E-state index contributed by atoms with van der Waals surface area (Å²) in [5.74, 6) is 0. The van der Waals surface area contributed by atoms with Gasteiger partial charge in [-0.25, -0.2) is 0 Å². The highest BCUT2D eigenvalue weighted by Crippen LogP contribution is 2.31. The van der Waals surface area contributed by atoms with Crippen LogP contribution in [0.4, 0.5) is 11.4 Å². The number of anilines is 2. The Labute approximate surface area is 106 Å². The first-order chi connectivity index (χ1) is 8.35. The molecule has 0 atom stereocenters. The number of benzene rings is 1. The van der Waals surface area contributed by atoms with Gasteiger partial charge in [0, 0.05) is 23.0 Å². The largest absolute Gasteiger partial charge is 0.355 e. The van der Waals surface area contributed by atoms with Crippen LogP contribution in [0.25, 0.3) is 6.08 Å². The van der Waals surface area contributed by atoms with E-state index in [0.29, 0.717) is 0 Å². The van der Waals surface area contributed by atoms with Crippen LogP contribution >= 0.6 is 11.8 Å². The molecule has 1 aromatic heterocycles. The van der Waals surface area contributed by atoms with Gasteiger partial charge in [0.2, 0.25) is 0 Å². The maximum Gasteiger partial charge on any atom is 0.0528 e. The van der Waals surface area contributed by atoms with E-state index in [9.17, 15) is 0 Å². The van der Waals surface area contributed by atoms with Crippen molar-refractivity contribution in [1.29, 1.82) is 0 Å². The van der Waals surface area contributed by atoms with E-state index in [2.05, 4.69) is 35.3 Å². The highest BCUT2D eigenvalue weighted by atomic mass is 32.2. The Morgan fingerprint density at radius 1 is 1.24 bits per heavy atom. The van der Waals surface area contributed by atoms with Crippen molar-refractivity contribution in [2.24, 2.45) is 0 Å². The average molecular weight is 242 g/mol. The van der Waals surface area contributed by atoms with Gasteiger partial charge < -0.3 is 5.32 Å². The predicted molar refractivity (Wildman–Crippen MR) is 75.8 cm³/mol. The number of nitrogens with zero attached hydrogens (tertiary/aromatic N) is 1. The lowest BCUT2D eigenvalue weighted by Crippen LogP contribution is -1.93. The fourth-order valence-corrected chi connectivity index (χ4v) is 2.36. The Hall–Kier alpha value is -1.74. The van der Waals surface area contributed by atoms with Crippen LogP contribution in [0.1, 0.15) is 5.56 Å². The van der Waals surface area contributed by atoms with E-state index in [0.717, 1.165) is 16.9 Å². The van der Waals surface area contributed by atoms with Crippen LogP contribution in [0, 0.1) is 0 Å². The van der Waals surface area contributed by atoms with E-state index in [1.807, 2.05) is 24.3 Å². The fraction of sp³-hybridized carbons (Fsp3) is 0.0714. The summed E-state index contributed by atoms with van der Waals surface area (Å²) in [7, 11) is 0. The molecule has 0 saturated carbocycles. The van der Waals surface area contributed by atoms with Crippen molar-refractivity contribution in [1.82, 2.24) is 4.98 Å². The van der Waals surface area contributed by atoms with E-state index < -0.39 is 0 Å². The van der Waals surface area contributed by atoms with Crippen molar-refractivity contribution in [2.75, 3.05) is 11.6 Å². The Morgan fingerprint density at radius 3 is 2.65 bits per heavy atom. The van der Waals surface area contributed by atoms with Gasteiger partial charge in [-0.3, -0.25) is 4.98 Å². The van der Waals surface area contributed by atoms with Crippen molar-refractivity contribution in [3.8, 4) is 0 Å². The molecular formula is C14H14N2S. The number of hydrogen-bond acceptors (Lipinski definition) is 3. The Balaban J connectivity index is 2.36. The summed E-state index contributed by atoms with van der Waals surface area (Å²) >= 11 is 1.72. The van der Waals surface area contributed by atoms with Gasteiger partial charge in [0.05, 0.1) is 5.69 Å². The van der Waals surface area contributed by atoms with E-state index in [4.69, 9.17) is 0 Å². The first-order valence-electron chi connectivity index (χ1n) is 5.31. The van der Waals surface area contributed by atoms with Crippen LogP contribution in [0.3, 0.4) is 0 Å². The molecule has 1 aromatic carbocycles. The van der Waals surface area contributed by atoms with Crippen LogP contribution < -0.4 is 5.32 Å². The number of pyridine rings is 1. The highest BCUT2D eigenvalue weighted by Gasteiger charge is 2.05. The normalized spacial score (nSPS) is 9.94. The maximum atomic E-state index is 4.00. The molecule has 0 fully saturated rings. The lowest BCUT2D eigenvalue weighted by Gasteiger charge is -2.12. The van der Waals surface area contributed by atoms with Crippen molar-refractivity contribution in [2.45, 2.75) is 4.90 Å². The third-order valence-electron chi connectivity index (χ3n) is 2.43. The minimum Gasteiger partial charge on any atom is -0.355 e. The monoisotopic (exact) mass is 242 g/mol. The second-order valence-electron chi connectivity index (χ2n) is 3.49. The number of rotatable bonds is 4. The third-order valence-corrected chi connectivity index (χ3v) is 3.29. The minimum absolute atomic E-state index is 1.04. The molecule has 0 bridgehead atoms. The summed E-state index contributed by atoms with van der Waals surface area (Å²) in [6.45, 7) is 3.84. The summed E-state index contributed by atoms with van der Waals surface area (Å²) in [6.07, 6.45) is 7.50. The molecule has 0 spiro atoms. The summed E-state index contributed by atoms with van der Waals surface area (Å²) < 4.78 is 0. The molecule has 0 aliphatic heterocycles. The molecule has 0 unspecified atom stereocenters. The molecule has 86 valence electrons. The van der Waals surface area contributed by atoms with E-state index in [-0.39, 0.29) is 0 Å². The summed E-state index contributed by atoms with van der Waals surface area (Å²) in [4.78, 5) is 5.21. The van der Waals surface area contributed by atoms with Gasteiger partial charge >= 0.3 is 0 Å². The van der Waals surface area contributed by atoms with Crippen LogP contribution in [0.5, 0.6) is 0 Å². The molecule has 3 heteroatoms. The second-order valence-corrected chi connectivity index (χ2v) is 4.31. The number of aromatic nitrogens is 1. The van der Waals surface area contributed by atoms with Crippen LogP contribution in [-0.2, 0) is 0 Å². The Kier molecular flexibility index (Phi) is 3.83. The van der Waals surface area contributed by atoms with Crippen LogP contribution in [0.15, 0.2) is 54.2 Å². The second kappa shape index (κ2) is 5.55. The molecule has 0 aliphatic rings. The van der Waals surface area contributed by atoms with Gasteiger partial charge in [-0.15, -0.1) is 11.8 Å². The molecule has 2 rings (SSSR count). The topological polar surface area (TPSA) is 24.9 Å². The first kappa shape index (κ1) is 11.7. The molecule has 2 aromatic rings. The van der Waals surface area contributed by atoms with Crippen LogP contribution in [0.2, 0.25) is 0 Å². The minimum atomic E-state index is 1.04. The van der Waals surface area contributed by atoms with Gasteiger partial charge in [-0.05, 0) is 30.0 Å². The molecule has 17 heavy (non-hydrogen) atoms. The van der Waals surface area contributed by atoms with E-state index >= 15 is 0 Å². The van der Waals surface area contributed by atoms with Gasteiger partial charge in [0.15, 0.2) is 0 Å². The lowest BCUT2D eigenvalue weighted by atomic mass is 10.2. The third kappa shape index (κ3) is 2.68. The smallest absolute Gasteiger partial charge is 0.0528 e. The Bertz CT molecular complexity index is 509. The van der Waals surface area contributed by atoms with Gasteiger partial charge in [-0.1, -0.05) is 24.8 Å². The quantitative estimate of drug-likeness (QED) is 0.814. The SMILES string of the molecule is C=Cc1cccc(Nc2ccncc2)c1SC. The average Bonchev–Trinajstić information content (AvgIpc) is 2.39. The fourth-order valence-electron chi connectivity index (χ4n) is 1.63. The molecule has 0 saturated heterocycles. The number of hydrogen-bond donors (Lipinski definition) is 1. The van der Waals surface area contributed by atoms with Gasteiger partial charge in [0.25, 0.3) is 0 Å². The summed E-state index contributed by atoms with van der Waals surface area (Å²) in [5, 5.41) is 3.39. The van der Waals surface area contributed by atoms with Crippen molar-refractivity contribution in [3.63, 3.8) is 0 Å². The van der Waals surface area contributed by atoms with Gasteiger partial charge in [0.1, 0.15) is 0 Å². The predicted octanol–water partition coefficient (Wildman–Crippen LogP) is 4.19. The van der Waals surface area contributed by atoms with Gasteiger partial charge in [-0.2, -0.15) is 0 Å². The maximum absolute atomic E-state index is 4.00. The van der Waals surface area contributed by atoms with Crippen molar-refractivity contribution >= 4 is 29.2 Å². The Morgan fingerprint density at radius 2 is 2.00 bits per heavy atom. The number of nitrogens with one attached hydrogen (secondary N) is 1. The number of thioether (sulfide) groups is 1. The molecule has 0 amide bonds.